The molecule has 0 spiro atoms. The van der Waals surface area contributed by atoms with Crippen LogP contribution in [0.3, 0.4) is 0 Å². The Bertz CT molecular complexity index is 1270. The van der Waals surface area contributed by atoms with Crippen LogP contribution in [0, 0.1) is 0 Å². The number of anilines is 1. The fourth-order valence-corrected chi connectivity index (χ4v) is 5.17. The maximum absolute atomic E-state index is 6.41. The lowest BCUT2D eigenvalue weighted by Gasteiger charge is -2.31. The number of halogens is 1. The van der Waals surface area contributed by atoms with Gasteiger partial charge in [0, 0.05) is 55.7 Å². The molecule has 0 unspecified atom stereocenters. The van der Waals surface area contributed by atoms with Gasteiger partial charge in [-0.15, -0.1) is 10.2 Å². The number of hydrogen-bond acceptors (Lipinski definition) is 7. The Hall–Kier alpha value is -3.36. The van der Waals surface area contributed by atoms with Gasteiger partial charge in [-0.25, -0.2) is 9.97 Å². The Morgan fingerprint density at radius 3 is 2.50 bits per heavy atom. The van der Waals surface area contributed by atoms with Gasteiger partial charge in [0.2, 0.25) is 5.95 Å². The molecule has 0 saturated carbocycles. The molecule has 4 aromatic rings. The van der Waals surface area contributed by atoms with Crippen molar-refractivity contribution < 1.29 is 0 Å². The third kappa shape index (κ3) is 4.15. The van der Waals surface area contributed by atoms with E-state index in [0.29, 0.717) is 12.5 Å². The number of nitrogens with zero attached hydrogens (tertiary/aromatic N) is 8. The highest BCUT2D eigenvalue weighted by Crippen LogP contribution is 2.34. The molecule has 1 saturated heterocycles. The molecule has 2 aliphatic rings. The third-order valence-electron chi connectivity index (χ3n) is 6.60. The largest absolute Gasteiger partial charge is 0.341 e. The van der Waals surface area contributed by atoms with E-state index in [-0.39, 0.29) is 0 Å². The quantitative estimate of drug-likeness (QED) is 0.444. The van der Waals surface area contributed by atoms with Crippen molar-refractivity contribution in [3.63, 3.8) is 0 Å². The van der Waals surface area contributed by atoms with Crippen molar-refractivity contribution in [2.24, 2.45) is 0 Å². The summed E-state index contributed by atoms with van der Waals surface area (Å²) >= 11 is 6.41. The van der Waals surface area contributed by atoms with Crippen LogP contribution in [-0.4, -0.2) is 47.7 Å². The van der Waals surface area contributed by atoms with Gasteiger partial charge in [0.25, 0.3) is 0 Å². The summed E-state index contributed by atoms with van der Waals surface area (Å²) in [5.74, 6) is 3.12. The van der Waals surface area contributed by atoms with Crippen LogP contribution >= 0.6 is 11.6 Å². The minimum Gasteiger partial charge on any atom is -0.341 e. The van der Waals surface area contributed by atoms with Crippen LogP contribution in [0.15, 0.2) is 61.1 Å². The zero-order valence-corrected chi connectivity index (χ0v) is 19.5. The van der Waals surface area contributed by atoms with E-state index >= 15 is 0 Å². The molecule has 8 nitrogen and oxygen atoms in total. The topological polar surface area (TPSA) is 75.9 Å². The molecule has 34 heavy (non-hydrogen) atoms. The highest BCUT2D eigenvalue weighted by Gasteiger charge is 2.30. The molecule has 0 amide bonds. The second kappa shape index (κ2) is 9.12. The number of rotatable bonds is 4. The zero-order chi connectivity index (χ0) is 22.9. The smallest absolute Gasteiger partial charge is 0.225 e. The number of fused-ring (bicyclic) bond motifs is 3. The van der Waals surface area contributed by atoms with Crippen LogP contribution in [0.5, 0.6) is 0 Å². The number of piperidine rings is 1. The summed E-state index contributed by atoms with van der Waals surface area (Å²) in [6, 6.07) is 14.0. The van der Waals surface area contributed by atoms with Crippen LogP contribution in [0.1, 0.15) is 41.7 Å². The number of pyridine rings is 1. The predicted octanol–water partition coefficient (Wildman–Crippen LogP) is 4.01. The summed E-state index contributed by atoms with van der Waals surface area (Å²) in [6.07, 6.45) is 7.40. The maximum Gasteiger partial charge on any atom is 0.225 e. The van der Waals surface area contributed by atoms with E-state index in [0.717, 1.165) is 73.0 Å². The van der Waals surface area contributed by atoms with E-state index in [1.165, 1.54) is 5.56 Å². The number of hydrogen-bond donors (Lipinski definition) is 0. The molecule has 0 bridgehead atoms. The summed E-state index contributed by atoms with van der Waals surface area (Å²) in [4.78, 5) is 17.9. The average molecular weight is 473 g/mol. The fraction of sp³-hybridized carbons (Fsp3) is 0.320. The van der Waals surface area contributed by atoms with Crippen molar-refractivity contribution in [1.29, 1.82) is 0 Å². The van der Waals surface area contributed by atoms with Gasteiger partial charge in [-0.2, -0.15) is 0 Å². The van der Waals surface area contributed by atoms with Gasteiger partial charge < -0.3 is 4.90 Å². The molecular weight excluding hydrogens is 448 g/mol. The second-order valence-electron chi connectivity index (χ2n) is 8.86. The van der Waals surface area contributed by atoms with E-state index in [4.69, 9.17) is 16.7 Å². The second-order valence-corrected chi connectivity index (χ2v) is 9.30. The van der Waals surface area contributed by atoms with Crippen LogP contribution < -0.4 is 4.90 Å². The molecule has 5 heterocycles. The van der Waals surface area contributed by atoms with Crippen LogP contribution in [-0.2, 0) is 19.6 Å². The van der Waals surface area contributed by atoms with Crippen molar-refractivity contribution in [2.45, 2.75) is 38.4 Å². The Labute approximate surface area is 203 Å². The highest BCUT2D eigenvalue weighted by atomic mass is 35.5. The zero-order valence-electron chi connectivity index (χ0n) is 18.8. The summed E-state index contributed by atoms with van der Waals surface area (Å²) in [7, 11) is 0. The fourth-order valence-electron chi connectivity index (χ4n) is 4.98. The highest BCUT2D eigenvalue weighted by molar-refractivity contribution is 6.30. The number of benzene rings is 1. The van der Waals surface area contributed by atoms with Gasteiger partial charge in [0.1, 0.15) is 5.82 Å². The Morgan fingerprint density at radius 2 is 1.71 bits per heavy atom. The first-order valence-electron chi connectivity index (χ1n) is 11.6. The van der Waals surface area contributed by atoms with Crippen molar-refractivity contribution in [3.05, 3.63) is 89.0 Å². The van der Waals surface area contributed by atoms with E-state index in [1.807, 2.05) is 30.5 Å². The molecule has 1 aromatic carbocycles. The van der Waals surface area contributed by atoms with Crippen LogP contribution in [0.25, 0.3) is 5.69 Å². The molecule has 0 atom stereocenters. The molecule has 2 aliphatic heterocycles. The van der Waals surface area contributed by atoms with Gasteiger partial charge >= 0.3 is 0 Å². The molecule has 0 aliphatic carbocycles. The van der Waals surface area contributed by atoms with Crippen molar-refractivity contribution in [2.75, 3.05) is 18.0 Å². The Morgan fingerprint density at radius 1 is 0.882 bits per heavy atom. The maximum atomic E-state index is 6.41. The third-order valence-corrected chi connectivity index (χ3v) is 6.84. The average Bonchev–Trinajstić information content (AvgIpc) is 3.22. The summed E-state index contributed by atoms with van der Waals surface area (Å²) in [6.45, 7) is 4.02. The van der Waals surface area contributed by atoms with Crippen molar-refractivity contribution in [3.8, 4) is 5.69 Å². The van der Waals surface area contributed by atoms with Gasteiger partial charge in [-0.05, 0) is 54.8 Å². The molecular formula is C25H25ClN8. The van der Waals surface area contributed by atoms with Gasteiger partial charge in [0.05, 0.1) is 17.9 Å². The van der Waals surface area contributed by atoms with Crippen molar-refractivity contribution >= 4 is 17.5 Å². The molecule has 3 aromatic heterocycles. The lowest BCUT2D eigenvalue weighted by molar-refractivity contribution is 0.242. The normalized spacial score (nSPS) is 16.7. The van der Waals surface area contributed by atoms with E-state index in [2.05, 4.69) is 52.6 Å². The molecule has 0 N–H and O–H groups in total. The molecule has 1 fully saturated rings. The Kier molecular flexibility index (Phi) is 5.68. The van der Waals surface area contributed by atoms with Crippen molar-refractivity contribution in [1.82, 2.24) is 34.6 Å². The summed E-state index contributed by atoms with van der Waals surface area (Å²) < 4.78 is 2.27. The lowest BCUT2D eigenvalue weighted by atomic mass is 9.95. The summed E-state index contributed by atoms with van der Waals surface area (Å²) in [5, 5.41) is 10.1. The monoisotopic (exact) mass is 472 g/mol. The first kappa shape index (κ1) is 21.2. The van der Waals surface area contributed by atoms with E-state index < -0.39 is 0 Å². The van der Waals surface area contributed by atoms with E-state index in [1.54, 1.807) is 12.4 Å². The minimum atomic E-state index is 0.326. The molecule has 6 rings (SSSR count). The van der Waals surface area contributed by atoms with E-state index in [9.17, 15) is 0 Å². The summed E-state index contributed by atoms with van der Waals surface area (Å²) in [5.41, 5.74) is 3.34. The molecule has 172 valence electrons. The SMILES string of the molecule is Clc1ccc2c(c1)CN(Cc1ccccn1)Cc1nnc(C3CCN(c4ncccn4)CC3)n1-2. The van der Waals surface area contributed by atoms with Gasteiger partial charge in [0.15, 0.2) is 5.82 Å². The van der Waals surface area contributed by atoms with Crippen LogP contribution in [0.2, 0.25) is 5.02 Å². The number of aromatic nitrogens is 6. The molecule has 9 heteroatoms. The van der Waals surface area contributed by atoms with Gasteiger partial charge in [-0.1, -0.05) is 17.7 Å². The first-order chi connectivity index (χ1) is 16.7. The van der Waals surface area contributed by atoms with Crippen LogP contribution in [0.4, 0.5) is 5.95 Å². The first-order valence-corrected chi connectivity index (χ1v) is 12.0. The Balaban J connectivity index is 1.30. The minimum absolute atomic E-state index is 0.326. The molecule has 0 radical (unpaired) electrons. The van der Waals surface area contributed by atoms with Gasteiger partial charge in [-0.3, -0.25) is 14.5 Å². The predicted molar refractivity (Wildman–Crippen MR) is 130 cm³/mol. The standard InChI is InChI=1S/C25H25ClN8/c26-20-5-6-22-19(14-20)15-32(16-21-4-1-2-9-27-21)17-23-30-31-24(34(22)23)18-7-12-33(13-8-18)25-28-10-3-11-29-25/h1-6,9-11,14,18H,7-8,12-13,15-17H2. The lowest BCUT2D eigenvalue weighted by Crippen LogP contribution is -2.34.